The Labute approximate surface area is 125 Å². The van der Waals surface area contributed by atoms with Crippen LogP contribution in [0.25, 0.3) is 0 Å². The van der Waals surface area contributed by atoms with Gasteiger partial charge in [0.25, 0.3) is 0 Å². The zero-order valence-electron chi connectivity index (χ0n) is 12.4. The largest absolute Gasteiger partial charge is 0.326 e. The van der Waals surface area contributed by atoms with E-state index in [1.54, 1.807) is 19.1 Å². The van der Waals surface area contributed by atoms with E-state index in [2.05, 4.69) is 15.4 Å². The third-order valence-corrected chi connectivity index (χ3v) is 5.43. The molecule has 3 N–H and O–H groups in total. The highest BCUT2D eigenvalue weighted by atomic mass is 32.2. The molecule has 7 heteroatoms. The van der Waals surface area contributed by atoms with E-state index in [9.17, 15) is 13.2 Å². The molecule has 0 aromatic heterocycles. The van der Waals surface area contributed by atoms with Crippen LogP contribution in [0.15, 0.2) is 23.1 Å². The lowest BCUT2D eigenvalue weighted by Gasteiger charge is -2.16. The standard InChI is InChI=1S/C14H21N3O3S/c1-9-4-5-11(8-13(9)21(19,20)15-3)17-14(18)12-6-7-16-10(12)2/h4-5,8,10,12,15-16H,6-7H2,1-3H3,(H,17,18). The zero-order valence-corrected chi connectivity index (χ0v) is 13.3. The van der Waals surface area contributed by atoms with Gasteiger partial charge in [0.15, 0.2) is 0 Å². The van der Waals surface area contributed by atoms with E-state index in [1.807, 2.05) is 6.92 Å². The van der Waals surface area contributed by atoms with Gasteiger partial charge in [-0.05, 0) is 51.6 Å². The maximum atomic E-state index is 12.2. The van der Waals surface area contributed by atoms with Gasteiger partial charge in [-0.1, -0.05) is 6.07 Å². The number of hydrogen-bond donors (Lipinski definition) is 3. The van der Waals surface area contributed by atoms with E-state index in [0.29, 0.717) is 11.3 Å². The molecule has 0 spiro atoms. The SMILES string of the molecule is CNS(=O)(=O)c1cc(NC(=O)C2CCNC2C)ccc1C. The summed E-state index contributed by atoms with van der Waals surface area (Å²) in [6, 6.07) is 5.04. The lowest BCUT2D eigenvalue weighted by molar-refractivity contribution is -0.120. The predicted octanol–water partition coefficient (Wildman–Crippen LogP) is 0.840. The molecule has 1 heterocycles. The van der Waals surface area contributed by atoms with E-state index < -0.39 is 10.0 Å². The molecule has 1 amide bonds. The van der Waals surface area contributed by atoms with E-state index in [0.717, 1.165) is 13.0 Å². The van der Waals surface area contributed by atoms with Crippen LogP contribution in [-0.4, -0.2) is 34.0 Å². The van der Waals surface area contributed by atoms with Gasteiger partial charge < -0.3 is 10.6 Å². The Kier molecular flexibility index (Phi) is 4.65. The number of anilines is 1. The average Bonchev–Trinajstić information content (AvgIpc) is 2.87. The second kappa shape index (κ2) is 6.13. The van der Waals surface area contributed by atoms with Gasteiger partial charge in [-0.15, -0.1) is 0 Å². The van der Waals surface area contributed by atoms with Crippen molar-refractivity contribution in [3.05, 3.63) is 23.8 Å². The van der Waals surface area contributed by atoms with Crippen LogP contribution in [0.2, 0.25) is 0 Å². The molecule has 1 aromatic carbocycles. The number of carbonyl (C=O) groups is 1. The molecule has 0 bridgehead atoms. The number of aryl methyl sites for hydroxylation is 1. The molecule has 2 atom stereocenters. The summed E-state index contributed by atoms with van der Waals surface area (Å²) in [6.07, 6.45) is 0.792. The van der Waals surface area contributed by atoms with Crippen molar-refractivity contribution in [1.29, 1.82) is 0 Å². The van der Waals surface area contributed by atoms with E-state index >= 15 is 0 Å². The number of nitrogens with one attached hydrogen (secondary N) is 3. The summed E-state index contributed by atoms with van der Waals surface area (Å²) in [4.78, 5) is 12.4. The first-order valence-electron chi connectivity index (χ1n) is 6.93. The maximum Gasteiger partial charge on any atom is 0.240 e. The second-order valence-corrected chi connectivity index (χ2v) is 7.17. The van der Waals surface area contributed by atoms with E-state index in [4.69, 9.17) is 0 Å². The van der Waals surface area contributed by atoms with Crippen LogP contribution in [0.1, 0.15) is 18.9 Å². The second-order valence-electron chi connectivity index (χ2n) is 5.32. The minimum Gasteiger partial charge on any atom is -0.326 e. The minimum absolute atomic E-state index is 0.0795. The normalized spacial score (nSPS) is 22.2. The smallest absolute Gasteiger partial charge is 0.240 e. The van der Waals surface area contributed by atoms with Gasteiger partial charge in [0, 0.05) is 11.7 Å². The van der Waals surface area contributed by atoms with Crippen molar-refractivity contribution in [2.45, 2.75) is 31.2 Å². The maximum absolute atomic E-state index is 12.2. The highest BCUT2D eigenvalue weighted by molar-refractivity contribution is 7.89. The first kappa shape index (κ1) is 15.9. The molecule has 0 saturated carbocycles. The van der Waals surface area contributed by atoms with Crippen molar-refractivity contribution in [3.63, 3.8) is 0 Å². The van der Waals surface area contributed by atoms with Crippen LogP contribution in [-0.2, 0) is 14.8 Å². The Morgan fingerprint density at radius 3 is 2.67 bits per heavy atom. The topological polar surface area (TPSA) is 87.3 Å². The Bertz CT molecular complexity index is 643. The van der Waals surface area contributed by atoms with Gasteiger partial charge >= 0.3 is 0 Å². The quantitative estimate of drug-likeness (QED) is 0.769. The molecule has 2 rings (SSSR count). The van der Waals surface area contributed by atoms with Gasteiger partial charge in [-0.25, -0.2) is 13.1 Å². The van der Waals surface area contributed by atoms with E-state index in [1.165, 1.54) is 13.1 Å². The zero-order chi connectivity index (χ0) is 15.6. The number of sulfonamides is 1. The highest BCUT2D eigenvalue weighted by Crippen LogP contribution is 2.22. The lowest BCUT2D eigenvalue weighted by Crippen LogP contribution is -2.32. The van der Waals surface area contributed by atoms with Crippen molar-refractivity contribution in [2.75, 3.05) is 18.9 Å². The summed E-state index contributed by atoms with van der Waals surface area (Å²) in [5.41, 5.74) is 1.14. The molecule has 0 aliphatic carbocycles. The van der Waals surface area contributed by atoms with Gasteiger partial charge in [-0.2, -0.15) is 0 Å². The van der Waals surface area contributed by atoms with Crippen LogP contribution in [0.3, 0.4) is 0 Å². The van der Waals surface area contributed by atoms with Gasteiger partial charge in [0.05, 0.1) is 10.8 Å². The van der Waals surface area contributed by atoms with Crippen LogP contribution in [0.5, 0.6) is 0 Å². The summed E-state index contributed by atoms with van der Waals surface area (Å²) >= 11 is 0. The average molecular weight is 311 g/mol. The molecular weight excluding hydrogens is 290 g/mol. The molecular formula is C14H21N3O3S. The van der Waals surface area contributed by atoms with E-state index in [-0.39, 0.29) is 22.8 Å². The lowest BCUT2D eigenvalue weighted by atomic mass is 10.0. The summed E-state index contributed by atoms with van der Waals surface area (Å²) in [5, 5.41) is 6.03. The van der Waals surface area contributed by atoms with Crippen molar-refractivity contribution in [2.24, 2.45) is 5.92 Å². The Morgan fingerprint density at radius 1 is 1.38 bits per heavy atom. The Balaban J connectivity index is 2.22. The van der Waals surface area contributed by atoms with Crippen LogP contribution >= 0.6 is 0 Å². The number of hydrogen-bond acceptors (Lipinski definition) is 4. The fraction of sp³-hybridized carbons (Fsp3) is 0.500. The number of carbonyl (C=O) groups excluding carboxylic acids is 1. The van der Waals surface area contributed by atoms with Crippen molar-refractivity contribution >= 4 is 21.6 Å². The van der Waals surface area contributed by atoms with Crippen LogP contribution < -0.4 is 15.4 Å². The van der Waals surface area contributed by atoms with Crippen LogP contribution in [0, 0.1) is 12.8 Å². The first-order chi connectivity index (χ1) is 9.85. The fourth-order valence-corrected chi connectivity index (χ4v) is 3.52. The summed E-state index contributed by atoms with van der Waals surface area (Å²) in [6.45, 7) is 4.52. The monoisotopic (exact) mass is 311 g/mol. The Morgan fingerprint density at radius 2 is 2.10 bits per heavy atom. The third-order valence-electron chi connectivity index (χ3n) is 3.88. The number of rotatable bonds is 4. The van der Waals surface area contributed by atoms with Crippen LogP contribution in [0.4, 0.5) is 5.69 Å². The molecule has 2 unspecified atom stereocenters. The van der Waals surface area contributed by atoms with Crippen molar-refractivity contribution < 1.29 is 13.2 Å². The predicted molar refractivity (Wildman–Crippen MR) is 81.6 cm³/mol. The molecule has 1 aliphatic heterocycles. The number of benzene rings is 1. The molecule has 6 nitrogen and oxygen atoms in total. The van der Waals surface area contributed by atoms with Crippen molar-refractivity contribution in [1.82, 2.24) is 10.0 Å². The molecule has 1 saturated heterocycles. The first-order valence-corrected chi connectivity index (χ1v) is 8.42. The molecule has 1 aliphatic rings. The third kappa shape index (κ3) is 3.42. The fourth-order valence-electron chi connectivity index (χ4n) is 2.53. The molecule has 1 fully saturated rings. The molecule has 21 heavy (non-hydrogen) atoms. The molecule has 1 aromatic rings. The summed E-state index contributed by atoms with van der Waals surface area (Å²) in [5.74, 6) is -0.167. The van der Waals surface area contributed by atoms with Gasteiger partial charge in [0.1, 0.15) is 0 Å². The molecule has 116 valence electrons. The van der Waals surface area contributed by atoms with Gasteiger partial charge in [0.2, 0.25) is 15.9 Å². The minimum atomic E-state index is -3.53. The number of amides is 1. The summed E-state index contributed by atoms with van der Waals surface area (Å²) < 4.78 is 26.2. The highest BCUT2D eigenvalue weighted by Gasteiger charge is 2.29. The van der Waals surface area contributed by atoms with Crippen molar-refractivity contribution in [3.8, 4) is 0 Å². The summed E-state index contributed by atoms with van der Waals surface area (Å²) in [7, 11) is -2.16. The molecule has 0 radical (unpaired) electrons. The Hall–Kier alpha value is -1.44. The van der Waals surface area contributed by atoms with Gasteiger partial charge in [-0.3, -0.25) is 4.79 Å².